The zero-order valence-corrected chi connectivity index (χ0v) is 10.7. The Balaban J connectivity index is 2.15. The number of hydrogen-bond donors (Lipinski definition) is 0. The normalized spacial score (nSPS) is 10.0. The van der Waals surface area contributed by atoms with Crippen LogP contribution < -0.4 is 0 Å². The van der Waals surface area contributed by atoms with Gasteiger partial charge in [0.15, 0.2) is 0 Å². The van der Waals surface area contributed by atoms with Crippen molar-refractivity contribution in [2.45, 2.75) is 26.2 Å². The molecule has 0 heterocycles. The van der Waals surface area contributed by atoms with E-state index in [-0.39, 0.29) is 0 Å². The molecular formula is C17H17N. The van der Waals surface area contributed by atoms with E-state index in [1.807, 2.05) is 0 Å². The van der Waals surface area contributed by atoms with Gasteiger partial charge in [-0.2, -0.15) is 5.26 Å². The highest BCUT2D eigenvalue weighted by Crippen LogP contribution is 2.20. The third kappa shape index (κ3) is 2.99. The van der Waals surface area contributed by atoms with E-state index in [1.165, 1.54) is 22.3 Å². The van der Waals surface area contributed by atoms with Crippen LogP contribution >= 0.6 is 0 Å². The first kappa shape index (κ1) is 12.4. The molecule has 0 bridgehead atoms. The van der Waals surface area contributed by atoms with Crippen molar-refractivity contribution >= 4 is 0 Å². The molecule has 1 nitrogen and oxygen atoms in total. The van der Waals surface area contributed by atoms with Crippen molar-refractivity contribution in [1.82, 2.24) is 0 Å². The average Bonchev–Trinajstić information content (AvgIpc) is 2.46. The Morgan fingerprint density at radius 3 is 1.78 bits per heavy atom. The summed E-state index contributed by atoms with van der Waals surface area (Å²) in [4.78, 5) is 0. The lowest BCUT2D eigenvalue weighted by atomic mass is 10.0. The Morgan fingerprint density at radius 1 is 0.833 bits per heavy atom. The van der Waals surface area contributed by atoms with Crippen LogP contribution in [-0.2, 0) is 12.8 Å². The lowest BCUT2D eigenvalue weighted by Gasteiger charge is -2.04. The van der Waals surface area contributed by atoms with Gasteiger partial charge in [-0.3, -0.25) is 0 Å². The molecule has 0 spiro atoms. The van der Waals surface area contributed by atoms with Crippen LogP contribution in [0.5, 0.6) is 0 Å². The molecule has 1 heteroatoms. The van der Waals surface area contributed by atoms with Gasteiger partial charge in [0.25, 0.3) is 0 Å². The topological polar surface area (TPSA) is 23.8 Å². The maximum atomic E-state index is 8.56. The zero-order chi connectivity index (χ0) is 12.8. The molecule has 2 rings (SSSR count). The Kier molecular flexibility index (Phi) is 4.15. The smallest absolute Gasteiger partial charge is 0.0625 e. The molecule has 90 valence electrons. The minimum absolute atomic E-state index is 0.588. The molecule has 0 fully saturated rings. The van der Waals surface area contributed by atoms with E-state index >= 15 is 0 Å². The molecule has 0 saturated heterocycles. The van der Waals surface area contributed by atoms with Crippen molar-refractivity contribution in [2.24, 2.45) is 0 Å². The van der Waals surface area contributed by atoms with E-state index in [2.05, 4.69) is 61.5 Å². The fraction of sp³-hybridized carbons (Fsp3) is 0.235. The van der Waals surface area contributed by atoms with Crippen molar-refractivity contribution in [2.75, 3.05) is 0 Å². The van der Waals surface area contributed by atoms with Gasteiger partial charge in [-0.15, -0.1) is 0 Å². The van der Waals surface area contributed by atoms with E-state index in [0.29, 0.717) is 6.42 Å². The second kappa shape index (κ2) is 6.02. The third-order valence-corrected chi connectivity index (χ3v) is 3.17. The highest BCUT2D eigenvalue weighted by molar-refractivity contribution is 5.63. The van der Waals surface area contributed by atoms with Gasteiger partial charge < -0.3 is 0 Å². The molecule has 0 unspecified atom stereocenters. The van der Waals surface area contributed by atoms with Crippen molar-refractivity contribution in [3.05, 3.63) is 59.7 Å². The minimum Gasteiger partial charge on any atom is -0.198 e. The summed E-state index contributed by atoms with van der Waals surface area (Å²) in [7, 11) is 0. The molecule has 0 aromatic heterocycles. The number of hydrogen-bond acceptors (Lipinski definition) is 1. The van der Waals surface area contributed by atoms with E-state index in [1.54, 1.807) is 0 Å². The van der Waals surface area contributed by atoms with Gasteiger partial charge >= 0.3 is 0 Å². The first-order chi connectivity index (χ1) is 8.83. The molecule has 0 aliphatic rings. The van der Waals surface area contributed by atoms with Gasteiger partial charge in [-0.25, -0.2) is 0 Å². The zero-order valence-electron chi connectivity index (χ0n) is 10.7. The molecular weight excluding hydrogens is 218 g/mol. The largest absolute Gasteiger partial charge is 0.198 e. The lowest BCUT2D eigenvalue weighted by Crippen LogP contribution is -1.85. The van der Waals surface area contributed by atoms with Crippen molar-refractivity contribution in [1.29, 1.82) is 5.26 Å². The molecule has 0 radical (unpaired) electrons. The van der Waals surface area contributed by atoms with Crippen molar-refractivity contribution < 1.29 is 0 Å². The van der Waals surface area contributed by atoms with Crippen LogP contribution in [0.4, 0.5) is 0 Å². The van der Waals surface area contributed by atoms with Crippen LogP contribution in [0.15, 0.2) is 48.5 Å². The quantitative estimate of drug-likeness (QED) is 0.771. The summed E-state index contributed by atoms with van der Waals surface area (Å²) in [5.74, 6) is 0. The first-order valence-electron chi connectivity index (χ1n) is 6.38. The summed E-state index contributed by atoms with van der Waals surface area (Å²) >= 11 is 0. The lowest BCUT2D eigenvalue weighted by molar-refractivity contribution is 1.01. The molecule has 2 aromatic rings. The van der Waals surface area contributed by atoms with E-state index in [9.17, 15) is 0 Å². The minimum atomic E-state index is 0.588. The Labute approximate surface area is 109 Å². The Hall–Kier alpha value is -2.07. The number of nitriles is 1. The number of rotatable bonds is 4. The third-order valence-electron chi connectivity index (χ3n) is 3.17. The molecule has 0 saturated carbocycles. The SMILES string of the molecule is CCc1ccc(-c2ccc(CCC#N)cc2)cc1. The van der Waals surface area contributed by atoms with Crippen LogP contribution in [0.3, 0.4) is 0 Å². The van der Waals surface area contributed by atoms with Crippen LogP contribution in [-0.4, -0.2) is 0 Å². The predicted octanol–water partition coefficient (Wildman–Crippen LogP) is 4.37. The van der Waals surface area contributed by atoms with E-state index in [0.717, 1.165) is 12.8 Å². The summed E-state index contributed by atoms with van der Waals surface area (Å²) in [5, 5.41) is 8.56. The monoisotopic (exact) mass is 235 g/mol. The number of benzene rings is 2. The van der Waals surface area contributed by atoms with Crippen molar-refractivity contribution in [3.63, 3.8) is 0 Å². The van der Waals surface area contributed by atoms with Crippen molar-refractivity contribution in [3.8, 4) is 17.2 Å². The van der Waals surface area contributed by atoms with Gasteiger partial charge in [-0.1, -0.05) is 55.5 Å². The van der Waals surface area contributed by atoms with E-state index < -0.39 is 0 Å². The highest BCUT2D eigenvalue weighted by Gasteiger charge is 1.98. The highest BCUT2D eigenvalue weighted by atomic mass is 14.2. The van der Waals surface area contributed by atoms with E-state index in [4.69, 9.17) is 5.26 Å². The van der Waals surface area contributed by atoms with Gasteiger partial charge in [0.1, 0.15) is 0 Å². The Bertz CT molecular complexity index is 529. The molecule has 0 N–H and O–H groups in total. The van der Waals surface area contributed by atoms with Crippen LogP contribution in [0.25, 0.3) is 11.1 Å². The summed E-state index contributed by atoms with van der Waals surface area (Å²) in [5.41, 5.74) is 5.08. The summed E-state index contributed by atoms with van der Waals surface area (Å²) < 4.78 is 0. The molecule has 0 aliphatic heterocycles. The van der Waals surface area contributed by atoms with Crippen LogP contribution in [0, 0.1) is 11.3 Å². The van der Waals surface area contributed by atoms with Gasteiger partial charge in [0.05, 0.1) is 6.07 Å². The Morgan fingerprint density at radius 2 is 1.33 bits per heavy atom. The standard InChI is InChI=1S/C17H17N/c1-2-14-5-9-16(10-6-14)17-11-7-15(8-12-17)4-3-13-18/h5-12H,2-4H2,1H3. The number of aryl methyl sites for hydroxylation is 2. The summed E-state index contributed by atoms with van der Waals surface area (Å²) in [6.07, 6.45) is 2.50. The molecule has 0 amide bonds. The molecule has 0 atom stereocenters. The fourth-order valence-corrected chi connectivity index (χ4v) is 2.00. The van der Waals surface area contributed by atoms with Gasteiger partial charge in [0.2, 0.25) is 0 Å². The second-order valence-electron chi connectivity index (χ2n) is 4.41. The van der Waals surface area contributed by atoms with Crippen LogP contribution in [0.1, 0.15) is 24.5 Å². The summed E-state index contributed by atoms with van der Waals surface area (Å²) in [6.45, 7) is 2.17. The van der Waals surface area contributed by atoms with Gasteiger partial charge in [0, 0.05) is 6.42 Å². The summed E-state index contributed by atoms with van der Waals surface area (Å²) in [6, 6.07) is 19.4. The molecule has 2 aromatic carbocycles. The molecule has 0 aliphatic carbocycles. The fourth-order valence-electron chi connectivity index (χ4n) is 2.00. The van der Waals surface area contributed by atoms with Gasteiger partial charge in [-0.05, 0) is 35.1 Å². The molecule has 18 heavy (non-hydrogen) atoms. The first-order valence-corrected chi connectivity index (χ1v) is 6.38. The van der Waals surface area contributed by atoms with Crippen LogP contribution in [0.2, 0.25) is 0 Å². The second-order valence-corrected chi connectivity index (χ2v) is 4.41. The predicted molar refractivity (Wildman–Crippen MR) is 75.2 cm³/mol. The maximum Gasteiger partial charge on any atom is 0.0625 e. The maximum absolute atomic E-state index is 8.56. The average molecular weight is 235 g/mol. The number of nitrogens with zero attached hydrogens (tertiary/aromatic N) is 1.